The third-order valence-electron chi connectivity index (χ3n) is 5.41. The highest BCUT2D eigenvalue weighted by molar-refractivity contribution is 7.98. The van der Waals surface area contributed by atoms with E-state index < -0.39 is 11.2 Å². The molecule has 2 aromatic carbocycles. The molecule has 10 heteroatoms. The van der Waals surface area contributed by atoms with Crippen molar-refractivity contribution in [3.05, 3.63) is 92.4 Å². The highest BCUT2D eigenvalue weighted by Crippen LogP contribution is 2.26. The van der Waals surface area contributed by atoms with Gasteiger partial charge in [0.05, 0.1) is 6.54 Å². The molecule has 32 heavy (non-hydrogen) atoms. The lowest BCUT2D eigenvalue weighted by Crippen LogP contribution is -2.37. The number of imidazole rings is 1. The summed E-state index contributed by atoms with van der Waals surface area (Å²) in [6.45, 7) is 0.280. The van der Waals surface area contributed by atoms with Gasteiger partial charge in [0.25, 0.3) is 5.56 Å². The first kappa shape index (κ1) is 20.3. The number of hydrogen-bond donors (Lipinski definition) is 0. The van der Waals surface area contributed by atoms with Crippen LogP contribution in [0.5, 0.6) is 0 Å². The van der Waals surface area contributed by atoms with Gasteiger partial charge in [-0.25, -0.2) is 13.6 Å². The first-order chi connectivity index (χ1) is 15.5. The molecule has 3 aromatic heterocycles. The molecule has 5 rings (SSSR count). The average molecular weight is 450 g/mol. The summed E-state index contributed by atoms with van der Waals surface area (Å²) in [5.41, 5.74) is 1.82. The summed E-state index contributed by atoms with van der Waals surface area (Å²) in [7, 11) is 3.07. The highest BCUT2D eigenvalue weighted by atomic mass is 32.2. The van der Waals surface area contributed by atoms with Crippen LogP contribution in [0.2, 0.25) is 0 Å². The maximum Gasteiger partial charge on any atom is 0.332 e. The van der Waals surface area contributed by atoms with E-state index in [0.717, 1.165) is 15.7 Å². The quantitative estimate of drug-likeness (QED) is 0.385. The van der Waals surface area contributed by atoms with Crippen molar-refractivity contribution in [2.75, 3.05) is 0 Å². The summed E-state index contributed by atoms with van der Waals surface area (Å²) >= 11 is 1.47. The molecule has 0 amide bonds. The lowest BCUT2D eigenvalue weighted by Gasteiger charge is -2.07. The van der Waals surface area contributed by atoms with Gasteiger partial charge in [0, 0.05) is 19.8 Å². The molecule has 0 saturated heterocycles. The molecular formula is C22H19FN6O2S. The van der Waals surface area contributed by atoms with Crippen LogP contribution >= 0.6 is 11.8 Å². The normalized spacial score (nSPS) is 11.6. The monoisotopic (exact) mass is 450 g/mol. The van der Waals surface area contributed by atoms with E-state index in [1.54, 1.807) is 28.1 Å². The zero-order chi connectivity index (χ0) is 22.4. The van der Waals surface area contributed by atoms with E-state index in [2.05, 4.69) is 10.2 Å². The summed E-state index contributed by atoms with van der Waals surface area (Å²) in [4.78, 5) is 25.8. The molecule has 0 aliphatic heterocycles. The van der Waals surface area contributed by atoms with E-state index >= 15 is 0 Å². The van der Waals surface area contributed by atoms with Gasteiger partial charge in [0.15, 0.2) is 16.3 Å². The second-order valence-corrected chi connectivity index (χ2v) is 8.43. The van der Waals surface area contributed by atoms with E-state index in [1.807, 2.05) is 30.3 Å². The fourth-order valence-corrected chi connectivity index (χ4v) is 4.65. The maximum atomic E-state index is 13.4. The molecule has 0 radical (unpaired) electrons. The van der Waals surface area contributed by atoms with Crippen molar-refractivity contribution in [3.8, 4) is 0 Å². The van der Waals surface area contributed by atoms with Crippen molar-refractivity contribution in [1.82, 2.24) is 28.3 Å². The Balaban J connectivity index is 1.73. The standard InChI is InChI=1S/C22H19FN6O2S/c1-26-18-17(19(30)27(2)22(26)31)28(12-14-8-10-16(23)11-9-14)20-24-25-21(29(18)20)32-13-15-6-4-3-5-7-15/h3-11H,12-13H2,1-2H3. The molecule has 0 aliphatic carbocycles. The number of benzene rings is 2. The van der Waals surface area contributed by atoms with Crippen LogP contribution < -0.4 is 11.2 Å². The Bertz CT molecular complexity index is 1560. The minimum atomic E-state index is -0.434. The smallest absolute Gasteiger partial charge is 0.298 e. The van der Waals surface area contributed by atoms with Gasteiger partial charge in [-0.15, -0.1) is 10.2 Å². The minimum absolute atomic E-state index is 0.280. The minimum Gasteiger partial charge on any atom is -0.298 e. The van der Waals surface area contributed by atoms with Crippen molar-refractivity contribution < 1.29 is 4.39 Å². The Morgan fingerprint density at radius 1 is 0.906 bits per heavy atom. The number of fused-ring (bicyclic) bond motifs is 3. The van der Waals surface area contributed by atoms with Gasteiger partial charge in [0.1, 0.15) is 5.82 Å². The third-order valence-corrected chi connectivity index (χ3v) is 6.41. The Hall–Kier alpha value is -3.66. The Kier molecular flexibility index (Phi) is 4.93. The first-order valence-corrected chi connectivity index (χ1v) is 10.9. The lowest BCUT2D eigenvalue weighted by molar-refractivity contribution is 0.626. The zero-order valence-corrected chi connectivity index (χ0v) is 18.2. The first-order valence-electron chi connectivity index (χ1n) is 9.90. The Morgan fingerprint density at radius 3 is 2.34 bits per heavy atom. The van der Waals surface area contributed by atoms with E-state index in [-0.39, 0.29) is 12.4 Å². The molecule has 0 fully saturated rings. The van der Waals surface area contributed by atoms with Crippen LogP contribution in [0, 0.1) is 5.82 Å². The molecule has 0 saturated carbocycles. The topological polar surface area (TPSA) is 79.1 Å². The number of rotatable bonds is 5. The number of aromatic nitrogens is 6. The third kappa shape index (κ3) is 3.23. The van der Waals surface area contributed by atoms with Crippen molar-refractivity contribution in [2.45, 2.75) is 17.5 Å². The van der Waals surface area contributed by atoms with Crippen LogP contribution in [0.15, 0.2) is 69.3 Å². The summed E-state index contributed by atoms with van der Waals surface area (Å²) < 4.78 is 19.4. The van der Waals surface area contributed by atoms with E-state index in [1.165, 1.54) is 35.5 Å². The van der Waals surface area contributed by atoms with Crippen LogP contribution in [0.1, 0.15) is 11.1 Å². The molecule has 0 bridgehead atoms. The molecule has 8 nitrogen and oxygen atoms in total. The number of hydrogen-bond acceptors (Lipinski definition) is 5. The van der Waals surface area contributed by atoms with E-state index in [0.29, 0.717) is 27.9 Å². The summed E-state index contributed by atoms with van der Waals surface area (Å²) in [6, 6.07) is 16.0. The SMILES string of the molecule is Cn1c(=O)c2c(n(C)c1=O)n1c(SCc3ccccc3)nnc1n2Cc1ccc(F)cc1. The number of thioether (sulfide) groups is 1. The Labute approximate surface area is 185 Å². The van der Waals surface area contributed by atoms with Gasteiger partial charge in [-0.05, 0) is 23.3 Å². The molecule has 3 heterocycles. The van der Waals surface area contributed by atoms with Crippen LogP contribution in [0.4, 0.5) is 4.39 Å². The van der Waals surface area contributed by atoms with Crippen LogP contribution in [-0.4, -0.2) is 28.3 Å². The number of nitrogens with zero attached hydrogens (tertiary/aromatic N) is 6. The summed E-state index contributed by atoms with van der Waals surface area (Å²) in [5.74, 6) is 0.764. The number of halogens is 1. The second-order valence-electron chi connectivity index (χ2n) is 7.48. The largest absolute Gasteiger partial charge is 0.332 e. The Morgan fingerprint density at radius 2 is 1.62 bits per heavy atom. The van der Waals surface area contributed by atoms with E-state index in [4.69, 9.17) is 0 Å². The van der Waals surface area contributed by atoms with Crippen molar-refractivity contribution >= 4 is 28.7 Å². The summed E-state index contributed by atoms with van der Waals surface area (Å²) in [6.07, 6.45) is 0. The number of aryl methyl sites for hydroxylation is 1. The molecule has 162 valence electrons. The van der Waals surface area contributed by atoms with Crippen molar-refractivity contribution in [1.29, 1.82) is 0 Å². The zero-order valence-electron chi connectivity index (χ0n) is 17.4. The van der Waals surface area contributed by atoms with Crippen molar-refractivity contribution in [2.24, 2.45) is 14.1 Å². The van der Waals surface area contributed by atoms with Gasteiger partial charge in [-0.2, -0.15) is 0 Å². The molecule has 5 aromatic rings. The molecule has 0 unspecified atom stereocenters. The molecule has 0 spiro atoms. The van der Waals surface area contributed by atoms with Gasteiger partial charge >= 0.3 is 5.69 Å². The van der Waals surface area contributed by atoms with Crippen LogP contribution in [0.3, 0.4) is 0 Å². The lowest BCUT2D eigenvalue weighted by atomic mass is 10.2. The fourth-order valence-electron chi connectivity index (χ4n) is 3.77. The molecule has 0 aliphatic rings. The van der Waals surface area contributed by atoms with Gasteiger partial charge < -0.3 is 0 Å². The average Bonchev–Trinajstić information content (AvgIpc) is 3.36. The van der Waals surface area contributed by atoms with Crippen molar-refractivity contribution in [3.63, 3.8) is 0 Å². The van der Waals surface area contributed by atoms with Crippen LogP contribution in [0.25, 0.3) is 16.9 Å². The second kappa shape index (κ2) is 7.79. The highest BCUT2D eigenvalue weighted by Gasteiger charge is 2.23. The van der Waals surface area contributed by atoms with Crippen LogP contribution in [-0.2, 0) is 26.4 Å². The molecule has 0 atom stereocenters. The molecule has 0 N–H and O–H groups in total. The van der Waals surface area contributed by atoms with Gasteiger partial charge in [-0.1, -0.05) is 54.2 Å². The summed E-state index contributed by atoms with van der Waals surface area (Å²) in [5, 5.41) is 9.25. The van der Waals surface area contributed by atoms with Gasteiger partial charge in [-0.3, -0.25) is 18.5 Å². The van der Waals surface area contributed by atoms with E-state index in [9.17, 15) is 14.0 Å². The fraction of sp³-hybridized carbons (Fsp3) is 0.182. The predicted molar refractivity (Wildman–Crippen MR) is 120 cm³/mol. The molecular weight excluding hydrogens is 431 g/mol. The maximum absolute atomic E-state index is 13.4. The predicted octanol–water partition coefficient (Wildman–Crippen LogP) is 2.56. The van der Waals surface area contributed by atoms with Gasteiger partial charge in [0.2, 0.25) is 5.78 Å².